The summed E-state index contributed by atoms with van der Waals surface area (Å²) < 4.78 is 6.51. The first kappa shape index (κ1) is 7.25. The molecule has 1 aliphatic heterocycles. The van der Waals surface area contributed by atoms with Gasteiger partial charge in [0.15, 0.2) is 0 Å². The highest BCUT2D eigenvalue weighted by Gasteiger charge is 2.05. The molecule has 0 bridgehead atoms. The van der Waals surface area contributed by atoms with Crippen LogP contribution in [-0.4, -0.2) is 31.4 Å². The Kier molecular flexibility index (Phi) is 2.69. The highest BCUT2D eigenvalue weighted by Crippen LogP contribution is 1.97. The Morgan fingerprint density at radius 2 is 2.33 bits per heavy atom. The van der Waals surface area contributed by atoms with Crippen molar-refractivity contribution in [3.8, 4) is 0 Å². The van der Waals surface area contributed by atoms with Crippen molar-refractivity contribution in [1.29, 1.82) is 0 Å². The van der Waals surface area contributed by atoms with Gasteiger partial charge in [0, 0.05) is 0 Å². The number of hydrogen-bond acceptors (Lipinski definition) is 1. The van der Waals surface area contributed by atoms with Crippen LogP contribution >= 0.6 is 10.7 Å². The Labute approximate surface area is 58.9 Å². The topological polar surface area (TPSA) is 13.7 Å². The Bertz CT molecular complexity index is 116. The lowest BCUT2D eigenvalue weighted by Gasteiger charge is -2.18. The molecule has 1 aliphatic rings. The molecule has 1 fully saturated rings. The second-order valence-electron chi connectivity index (χ2n) is 2.10. The zero-order valence-electron chi connectivity index (χ0n) is 5.56. The van der Waals surface area contributed by atoms with Gasteiger partial charge >= 0.3 is 0 Å². The standard InChI is InChI=1S/C6H13NOS/c1-7-3-4-8-5-6-9(7)2/h7H,1-6H2. The fraction of sp³-hybridized carbons (Fsp3) is 0.667. The average Bonchev–Trinajstić information content (AvgIpc) is 1.99. The molecule has 1 heterocycles. The second kappa shape index (κ2) is 3.34. The molecule has 0 aromatic heterocycles. The maximum Gasteiger partial charge on any atom is 0.0944 e. The van der Waals surface area contributed by atoms with Gasteiger partial charge < -0.3 is 9.04 Å². The van der Waals surface area contributed by atoms with E-state index in [1.54, 1.807) is 0 Å². The monoisotopic (exact) mass is 147 g/mol. The van der Waals surface area contributed by atoms with Gasteiger partial charge in [-0.3, -0.25) is 0 Å². The number of nitrogens with one attached hydrogen (secondary N) is 1. The van der Waals surface area contributed by atoms with Crippen LogP contribution in [-0.2, 0) is 4.74 Å². The Morgan fingerprint density at radius 1 is 1.56 bits per heavy atom. The van der Waals surface area contributed by atoms with E-state index in [1.165, 1.54) is 4.31 Å². The molecule has 0 amide bonds. The minimum atomic E-state index is 0.178. The van der Waals surface area contributed by atoms with Gasteiger partial charge in [0.05, 0.1) is 25.5 Å². The molecule has 3 heteroatoms. The molecule has 0 aromatic rings. The first-order valence-electron chi connectivity index (χ1n) is 3.07. The van der Waals surface area contributed by atoms with E-state index in [4.69, 9.17) is 4.74 Å². The van der Waals surface area contributed by atoms with E-state index in [-0.39, 0.29) is 10.7 Å². The summed E-state index contributed by atoms with van der Waals surface area (Å²) in [6, 6.07) is 0. The third kappa shape index (κ3) is 2.08. The lowest BCUT2D eigenvalue weighted by molar-refractivity contribution is -0.701. The minimum absolute atomic E-state index is 0.178. The van der Waals surface area contributed by atoms with Crippen molar-refractivity contribution >= 4 is 16.5 Å². The minimum Gasteiger partial charge on any atom is -0.412 e. The predicted molar refractivity (Wildman–Crippen MR) is 41.6 cm³/mol. The van der Waals surface area contributed by atoms with E-state index in [2.05, 4.69) is 12.9 Å². The van der Waals surface area contributed by atoms with Gasteiger partial charge in [-0.15, -0.1) is 7.05 Å². The van der Waals surface area contributed by atoms with Crippen molar-refractivity contribution in [3.63, 3.8) is 0 Å². The molecule has 1 rings (SSSR count). The van der Waals surface area contributed by atoms with E-state index in [1.807, 2.05) is 0 Å². The molecule has 54 valence electrons. The SMILES string of the molecule is C=S1CCOCC[NH+]1[CH2-]. The summed E-state index contributed by atoms with van der Waals surface area (Å²) in [7, 11) is 4.10. The Balaban J connectivity index is 2.41. The number of quaternary nitrogens is 1. The maximum atomic E-state index is 5.24. The van der Waals surface area contributed by atoms with Crippen LogP contribution in [0.25, 0.3) is 0 Å². The van der Waals surface area contributed by atoms with Crippen molar-refractivity contribution < 1.29 is 9.04 Å². The van der Waals surface area contributed by atoms with Gasteiger partial charge in [-0.05, 0) is 16.5 Å². The van der Waals surface area contributed by atoms with Crippen LogP contribution in [0.5, 0.6) is 0 Å². The van der Waals surface area contributed by atoms with Crippen LogP contribution in [0.3, 0.4) is 0 Å². The summed E-state index contributed by atoms with van der Waals surface area (Å²) in [6.45, 7) is 2.72. The molecular formula is C6H13NOS. The molecule has 0 saturated carbocycles. The predicted octanol–water partition coefficient (Wildman–Crippen LogP) is -0.691. The molecule has 2 nitrogen and oxygen atoms in total. The zero-order valence-corrected chi connectivity index (χ0v) is 6.38. The van der Waals surface area contributed by atoms with Crippen LogP contribution in [0.15, 0.2) is 0 Å². The zero-order chi connectivity index (χ0) is 6.69. The van der Waals surface area contributed by atoms with Crippen molar-refractivity contribution in [1.82, 2.24) is 0 Å². The summed E-state index contributed by atoms with van der Waals surface area (Å²) in [6.07, 6.45) is 0. The van der Waals surface area contributed by atoms with Gasteiger partial charge in [-0.2, -0.15) is 0 Å². The van der Waals surface area contributed by atoms with Crippen molar-refractivity contribution in [2.45, 2.75) is 0 Å². The van der Waals surface area contributed by atoms with Crippen molar-refractivity contribution in [2.75, 3.05) is 25.5 Å². The van der Waals surface area contributed by atoms with Gasteiger partial charge in [0.1, 0.15) is 0 Å². The largest absolute Gasteiger partial charge is 0.412 e. The number of rotatable bonds is 0. The smallest absolute Gasteiger partial charge is 0.0944 e. The van der Waals surface area contributed by atoms with E-state index in [0.29, 0.717) is 0 Å². The van der Waals surface area contributed by atoms with Crippen molar-refractivity contribution in [2.24, 2.45) is 0 Å². The lowest BCUT2D eigenvalue weighted by Crippen LogP contribution is -3.01. The van der Waals surface area contributed by atoms with Gasteiger partial charge in [-0.1, -0.05) is 0 Å². The third-order valence-electron chi connectivity index (χ3n) is 1.41. The van der Waals surface area contributed by atoms with Crippen LogP contribution in [0.2, 0.25) is 0 Å². The molecule has 0 radical (unpaired) electrons. The fourth-order valence-electron chi connectivity index (χ4n) is 0.736. The Hall–Kier alpha value is 0.140. The van der Waals surface area contributed by atoms with Crippen LogP contribution in [0.4, 0.5) is 0 Å². The van der Waals surface area contributed by atoms with E-state index in [0.717, 1.165) is 25.5 Å². The molecule has 0 aromatic carbocycles. The van der Waals surface area contributed by atoms with Gasteiger partial charge in [-0.25, -0.2) is 0 Å². The normalized spacial score (nSPS) is 37.9. The summed E-state index contributed by atoms with van der Waals surface area (Å²) in [5.74, 6) is 5.06. The number of ether oxygens (including phenoxy) is 1. The van der Waals surface area contributed by atoms with Crippen LogP contribution < -0.4 is 4.31 Å². The van der Waals surface area contributed by atoms with E-state index in [9.17, 15) is 0 Å². The van der Waals surface area contributed by atoms with Crippen LogP contribution in [0.1, 0.15) is 0 Å². The fourth-order valence-corrected chi connectivity index (χ4v) is 1.72. The molecule has 2 unspecified atom stereocenters. The molecular weight excluding hydrogens is 134 g/mol. The van der Waals surface area contributed by atoms with Gasteiger partial charge in [0.25, 0.3) is 0 Å². The molecule has 1 saturated heterocycles. The lowest BCUT2D eigenvalue weighted by atomic mass is 10.7. The second-order valence-corrected chi connectivity index (χ2v) is 4.07. The molecule has 2 atom stereocenters. The van der Waals surface area contributed by atoms with Crippen LogP contribution in [0, 0.1) is 7.05 Å². The number of hydrogen-bond donors (Lipinski definition) is 1. The highest BCUT2D eigenvalue weighted by molar-refractivity contribution is 8.08. The van der Waals surface area contributed by atoms with Crippen molar-refractivity contribution in [3.05, 3.63) is 7.05 Å². The average molecular weight is 147 g/mol. The summed E-state index contributed by atoms with van der Waals surface area (Å²) >= 11 is 0. The summed E-state index contributed by atoms with van der Waals surface area (Å²) in [4.78, 5) is 0. The van der Waals surface area contributed by atoms with Gasteiger partial charge in [0.2, 0.25) is 0 Å². The third-order valence-corrected chi connectivity index (χ3v) is 3.09. The molecule has 1 N–H and O–H groups in total. The van der Waals surface area contributed by atoms with E-state index >= 15 is 0 Å². The van der Waals surface area contributed by atoms with E-state index < -0.39 is 0 Å². The first-order chi connectivity index (χ1) is 4.30. The Morgan fingerprint density at radius 3 is 3.11 bits per heavy atom. The quantitative estimate of drug-likeness (QED) is 0.354. The molecule has 9 heavy (non-hydrogen) atoms. The molecule has 0 aliphatic carbocycles. The first-order valence-corrected chi connectivity index (χ1v) is 4.63. The summed E-state index contributed by atoms with van der Waals surface area (Å²) in [5.41, 5.74) is 0. The summed E-state index contributed by atoms with van der Waals surface area (Å²) in [5, 5.41) is 0. The maximum absolute atomic E-state index is 5.24. The highest BCUT2D eigenvalue weighted by atomic mass is 32.2. The molecule has 0 spiro atoms.